The molecule has 3 N–H and O–H groups in total. The van der Waals surface area contributed by atoms with Gasteiger partial charge in [-0.1, -0.05) is 6.42 Å². The zero-order chi connectivity index (χ0) is 13.8. The molecule has 1 amide bonds. The van der Waals surface area contributed by atoms with Gasteiger partial charge in [-0.25, -0.2) is 4.39 Å². The number of anilines is 1. The van der Waals surface area contributed by atoms with Gasteiger partial charge >= 0.3 is 0 Å². The lowest BCUT2D eigenvalue weighted by Gasteiger charge is -2.21. The van der Waals surface area contributed by atoms with Gasteiger partial charge in [-0.05, 0) is 46.7 Å². The molecule has 3 nitrogen and oxygen atoms in total. The lowest BCUT2D eigenvalue weighted by Crippen LogP contribution is -2.32. The van der Waals surface area contributed by atoms with E-state index in [0.29, 0.717) is 21.8 Å². The molecule has 0 aliphatic carbocycles. The van der Waals surface area contributed by atoms with Crippen molar-refractivity contribution in [1.82, 2.24) is 5.32 Å². The van der Waals surface area contributed by atoms with E-state index in [1.165, 1.54) is 25.0 Å². The average molecular weight is 347 g/mol. The van der Waals surface area contributed by atoms with E-state index in [2.05, 4.69) is 21.2 Å². The number of hydrogen-bond donors (Lipinski definition) is 2. The van der Waals surface area contributed by atoms with Gasteiger partial charge in [0.25, 0.3) is 5.91 Å². The standard InChI is InChI=1S/C13H16BrFN2OS/c14-10-6-11(15)12(16)5-9(10)13(18)17-7-8-3-1-2-4-19-8/h5-6,8H,1-4,7,16H2,(H,17,18). The molecule has 1 unspecified atom stereocenters. The minimum atomic E-state index is -0.522. The Balaban J connectivity index is 1.97. The molecule has 1 saturated heterocycles. The first-order chi connectivity index (χ1) is 9.08. The summed E-state index contributed by atoms with van der Waals surface area (Å²) >= 11 is 5.09. The van der Waals surface area contributed by atoms with Gasteiger partial charge in [0.05, 0.1) is 11.3 Å². The summed E-state index contributed by atoms with van der Waals surface area (Å²) in [6, 6.07) is 2.59. The Bertz CT molecular complexity index is 478. The molecule has 0 saturated carbocycles. The largest absolute Gasteiger partial charge is 0.396 e. The number of halogens is 2. The highest BCUT2D eigenvalue weighted by Crippen LogP contribution is 2.25. The van der Waals surface area contributed by atoms with Crippen molar-refractivity contribution in [3.05, 3.63) is 28.0 Å². The fourth-order valence-electron chi connectivity index (χ4n) is 2.01. The molecule has 0 spiro atoms. The SMILES string of the molecule is Nc1cc(C(=O)NCC2CCCCS2)c(Br)cc1F. The first-order valence-corrected chi connectivity index (χ1v) is 8.06. The van der Waals surface area contributed by atoms with E-state index in [-0.39, 0.29) is 11.6 Å². The van der Waals surface area contributed by atoms with E-state index < -0.39 is 5.82 Å². The molecule has 0 bridgehead atoms. The van der Waals surface area contributed by atoms with Crippen molar-refractivity contribution >= 4 is 39.3 Å². The third kappa shape index (κ3) is 3.86. The molecule has 0 aromatic heterocycles. The Labute approximate surface area is 124 Å². The Morgan fingerprint density at radius 2 is 2.32 bits per heavy atom. The van der Waals surface area contributed by atoms with Crippen LogP contribution in [0.1, 0.15) is 29.6 Å². The normalized spacial score (nSPS) is 19.2. The first-order valence-electron chi connectivity index (χ1n) is 6.22. The van der Waals surface area contributed by atoms with E-state index in [9.17, 15) is 9.18 Å². The summed E-state index contributed by atoms with van der Waals surface area (Å²) in [6.07, 6.45) is 3.62. The van der Waals surface area contributed by atoms with Gasteiger partial charge in [0, 0.05) is 16.3 Å². The van der Waals surface area contributed by atoms with Crippen LogP contribution in [-0.2, 0) is 0 Å². The third-order valence-corrected chi connectivity index (χ3v) is 5.15. The summed E-state index contributed by atoms with van der Waals surface area (Å²) in [5, 5.41) is 3.37. The van der Waals surface area contributed by atoms with Crippen LogP contribution in [0.15, 0.2) is 16.6 Å². The molecule has 104 valence electrons. The van der Waals surface area contributed by atoms with Gasteiger partial charge in [0.15, 0.2) is 0 Å². The van der Waals surface area contributed by atoms with Gasteiger partial charge in [-0.2, -0.15) is 11.8 Å². The van der Waals surface area contributed by atoms with Crippen molar-refractivity contribution < 1.29 is 9.18 Å². The second-order valence-corrected chi connectivity index (χ2v) is 6.81. The quantitative estimate of drug-likeness (QED) is 0.826. The van der Waals surface area contributed by atoms with Gasteiger partial charge in [-0.15, -0.1) is 0 Å². The molecule has 19 heavy (non-hydrogen) atoms. The minimum absolute atomic E-state index is 0.0135. The Morgan fingerprint density at radius 1 is 1.53 bits per heavy atom. The fourth-order valence-corrected chi connectivity index (χ4v) is 3.74. The van der Waals surface area contributed by atoms with Crippen molar-refractivity contribution in [2.75, 3.05) is 18.0 Å². The molecule has 2 rings (SSSR count). The number of nitrogens with one attached hydrogen (secondary N) is 1. The van der Waals surface area contributed by atoms with E-state index in [1.807, 2.05) is 11.8 Å². The number of carbonyl (C=O) groups excluding carboxylic acids is 1. The van der Waals surface area contributed by atoms with Crippen LogP contribution in [-0.4, -0.2) is 23.5 Å². The van der Waals surface area contributed by atoms with Crippen LogP contribution >= 0.6 is 27.7 Å². The van der Waals surface area contributed by atoms with E-state index >= 15 is 0 Å². The molecule has 1 heterocycles. The van der Waals surface area contributed by atoms with Gasteiger partial charge in [0.1, 0.15) is 5.82 Å². The average Bonchev–Trinajstić information content (AvgIpc) is 2.41. The number of amides is 1. The van der Waals surface area contributed by atoms with Crippen molar-refractivity contribution in [3.63, 3.8) is 0 Å². The monoisotopic (exact) mass is 346 g/mol. The number of rotatable bonds is 3. The summed E-state index contributed by atoms with van der Waals surface area (Å²) < 4.78 is 13.6. The van der Waals surface area contributed by atoms with Crippen LogP contribution in [0.2, 0.25) is 0 Å². The number of nitrogen functional groups attached to an aromatic ring is 1. The molecule has 1 aromatic carbocycles. The number of nitrogens with two attached hydrogens (primary N) is 1. The number of hydrogen-bond acceptors (Lipinski definition) is 3. The van der Waals surface area contributed by atoms with Gasteiger partial charge < -0.3 is 11.1 Å². The molecule has 1 atom stereocenters. The van der Waals surface area contributed by atoms with Crippen LogP contribution in [0.3, 0.4) is 0 Å². The molecular formula is C13H16BrFN2OS. The Hall–Kier alpha value is -0.750. The fraction of sp³-hybridized carbons (Fsp3) is 0.462. The zero-order valence-electron chi connectivity index (χ0n) is 10.4. The summed E-state index contributed by atoms with van der Waals surface area (Å²) in [6.45, 7) is 0.646. The number of thioether (sulfide) groups is 1. The topological polar surface area (TPSA) is 55.1 Å². The molecule has 0 radical (unpaired) electrons. The molecule has 1 fully saturated rings. The van der Waals surface area contributed by atoms with Crippen LogP contribution in [0.5, 0.6) is 0 Å². The maximum absolute atomic E-state index is 13.2. The molecule has 1 aromatic rings. The highest BCUT2D eigenvalue weighted by Gasteiger charge is 2.17. The maximum atomic E-state index is 13.2. The van der Waals surface area contributed by atoms with E-state index in [0.717, 1.165) is 12.2 Å². The predicted octanol–water partition coefficient (Wildman–Crippen LogP) is 3.19. The second kappa shape index (κ2) is 6.61. The molecular weight excluding hydrogens is 331 g/mol. The van der Waals surface area contributed by atoms with Crippen LogP contribution in [0, 0.1) is 5.82 Å². The maximum Gasteiger partial charge on any atom is 0.252 e. The van der Waals surface area contributed by atoms with Gasteiger partial charge in [-0.3, -0.25) is 4.79 Å². The van der Waals surface area contributed by atoms with E-state index in [1.54, 1.807) is 0 Å². The summed E-state index contributed by atoms with van der Waals surface area (Å²) in [5.41, 5.74) is 5.85. The second-order valence-electron chi connectivity index (χ2n) is 4.55. The van der Waals surface area contributed by atoms with Crippen LogP contribution in [0.4, 0.5) is 10.1 Å². The first kappa shape index (κ1) is 14.7. The smallest absolute Gasteiger partial charge is 0.252 e. The summed E-state index contributed by atoms with van der Waals surface area (Å²) in [7, 11) is 0. The molecule has 6 heteroatoms. The van der Waals surface area contributed by atoms with E-state index in [4.69, 9.17) is 5.73 Å². The molecule has 1 aliphatic rings. The lowest BCUT2D eigenvalue weighted by molar-refractivity contribution is 0.0952. The number of benzene rings is 1. The molecule has 1 aliphatic heterocycles. The van der Waals surface area contributed by atoms with Gasteiger partial charge in [0.2, 0.25) is 0 Å². The number of carbonyl (C=O) groups is 1. The van der Waals surface area contributed by atoms with Crippen LogP contribution in [0.25, 0.3) is 0 Å². The Morgan fingerprint density at radius 3 is 3.00 bits per heavy atom. The highest BCUT2D eigenvalue weighted by molar-refractivity contribution is 9.10. The lowest BCUT2D eigenvalue weighted by atomic mass is 10.1. The minimum Gasteiger partial charge on any atom is -0.396 e. The predicted molar refractivity (Wildman–Crippen MR) is 80.9 cm³/mol. The zero-order valence-corrected chi connectivity index (χ0v) is 12.8. The van der Waals surface area contributed by atoms with Crippen molar-refractivity contribution in [2.24, 2.45) is 0 Å². The van der Waals surface area contributed by atoms with Crippen molar-refractivity contribution in [2.45, 2.75) is 24.5 Å². The highest BCUT2D eigenvalue weighted by atomic mass is 79.9. The summed E-state index contributed by atoms with van der Waals surface area (Å²) in [5.74, 6) is 0.421. The van der Waals surface area contributed by atoms with Crippen molar-refractivity contribution in [1.29, 1.82) is 0 Å². The van der Waals surface area contributed by atoms with Crippen LogP contribution < -0.4 is 11.1 Å². The Kier molecular flexibility index (Phi) is 5.10. The third-order valence-electron chi connectivity index (χ3n) is 3.10. The summed E-state index contributed by atoms with van der Waals surface area (Å²) in [4.78, 5) is 12.0. The van der Waals surface area contributed by atoms with Crippen molar-refractivity contribution in [3.8, 4) is 0 Å².